The maximum atomic E-state index is 12.4. The van der Waals surface area contributed by atoms with E-state index in [1.54, 1.807) is 36.7 Å². The lowest BCUT2D eigenvalue weighted by atomic mass is 10.2. The van der Waals surface area contributed by atoms with Crippen LogP contribution in [0.3, 0.4) is 0 Å². The summed E-state index contributed by atoms with van der Waals surface area (Å²) in [5, 5.41) is 5.27. The van der Waals surface area contributed by atoms with Gasteiger partial charge >= 0.3 is 0 Å². The molecule has 8 heteroatoms. The van der Waals surface area contributed by atoms with Crippen LogP contribution in [0.2, 0.25) is 5.02 Å². The minimum atomic E-state index is -0.195. The monoisotopic (exact) mass is 376 g/mol. The minimum Gasteiger partial charge on any atom is -0.330 e. The van der Waals surface area contributed by atoms with Crippen molar-refractivity contribution in [1.82, 2.24) is 9.97 Å². The lowest BCUT2D eigenvalue weighted by Gasteiger charge is -2.08. The molecular weight excluding hydrogens is 364 g/mol. The smallest absolute Gasteiger partial charge is 0.265 e. The van der Waals surface area contributed by atoms with E-state index in [0.717, 1.165) is 11.3 Å². The van der Waals surface area contributed by atoms with Crippen LogP contribution >= 0.6 is 34.9 Å². The van der Waals surface area contributed by atoms with Gasteiger partial charge in [-0.15, -0.1) is 11.3 Å². The standard InChI is InChI=1S/C16H13ClN4OS2/c1-23-21-13-7-11(17)6-12(8-13)20-16(22)14-5-10(9-24-14)15-18-3-2-4-19-15/h2-9,21H,1H3,(H,20,22). The lowest BCUT2D eigenvalue weighted by molar-refractivity contribution is 0.103. The highest BCUT2D eigenvalue weighted by Crippen LogP contribution is 2.26. The van der Waals surface area contributed by atoms with E-state index in [4.69, 9.17) is 11.6 Å². The molecule has 3 aromatic rings. The van der Waals surface area contributed by atoms with Crippen LogP contribution < -0.4 is 10.0 Å². The third-order valence-corrected chi connectivity index (χ3v) is 4.61. The minimum absolute atomic E-state index is 0.195. The number of hydrogen-bond acceptors (Lipinski definition) is 6. The number of benzene rings is 1. The molecule has 2 aromatic heterocycles. The normalized spacial score (nSPS) is 10.4. The third-order valence-electron chi connectivity index (χ3n) is 3.02. The molecule has 0 saturated carbocycles. The molecule has 0 aliphatic heterocycles. The van der Waals surface area contributed by atoms with Crippen LogP contribution in [0.1, 0.15) is 9.67 Å². The van der Waals surface area contributed by atoms with Crippen molar-refractivity contribution in [2.24, 2.45) is 0 Å². The van der Waals surface area contributed by atoms with Gasteiger partial charge in [0.05, 0.1) is 4.88 Å². The van der Waals surface area contributed by atoms with Gasteiger partial charge < -0.3 is 10.0 Å². The van der Waals surface area contributed by atoms with Gasteiger partial charge in [-0.3, -0.25) is 4.79 Å². The van der Waals surface area contributed by atoms with Crippen LogP contribution in [0.5, 0.6) is 0 Å². The van der Waals surface area contributed by atoms with Gasteiger partial charge in [-0.1, -0.05) is 23.5 Å². The first-order chi connectivity index (χ1) is 11.7. The first-order valence-corrected chi connectivity index (χ1v) is 9.41. The number of carbonyl (C=O) groups excluding carboxylic acids is 1. The number of anilines is 2. The van der Waals surface area contributed by atoms with Crippen LogP contribution in [-0.4, -0.2) is 22.1 Å². The maximum Gasteiger partial charge on any atom is 0.265 e. The molecule has 0 unspecified atom stereocenters. The first kappa shape index (κ1) is 16.8. The van der Waals surface area contributed by atoms with E-state index in [1.165, 1.54) is 23.3 Å². The van der Waals surface area contributed by atoms with Gasteiger partial charge in [-0.25, -0.2) is 9.97 Å². The fraction of sp³-hybridized carbons (Fsp3) is 0.0625. The molecule has 2 N–H and O–H groups in total. The molecule has 0 aliphatic rings. The highest BCUT2D eigenvalue weighted by Gasteiger charge is 2.12. The number of thiophene rings is 1. The summed E-state index contributed by atoms with van der Waals surface area (Å²) >= 11 is 8.89. The molecule has 0 bridgehead atoms. The van der Waals surface area contributed by atoms with Crippen LogP contribution in [-0.2, 0) is 0 Å². The van der Waals surface area contributed by atoms with Gasteiger partial charge in [0.1, 0.15) is 0 Å². The van der Waals surface area contributed by atoms with E-state index in [-0.39, 0.29) is 5.91 Å². The largest absolute Gasteiger partial charge is 0.330 e. The molecule has 0 spiro atoms. The van der Waals surface area contributed by atoms with E-state index in [1.807, 2.05) is 17.7 Å². The van der Waals surface area contributed by atoms with Crippen LogP contribution in [0.15, 0.2) is 48.1 Å². The zero-order valence-corrected chi connectivity index (χ0v) is 15.0. The Hall–Kier alpha value is -2.09. The predicted octanol–water partition coefficient (Wildman–Crippen LogP) is 4.80. The van der Waals surface area contributed by atoms with Crippen molar-refractivity contribution in [3.63, 3.8) is 0 Å². The van der Waals surface area contributed by atoms with Gasteiger partial charge in [-0.2, -0.15) is 0 Å². The van der Waals surface area contributed by atoms with Gasteiger partial charge in [0.25, 0.3) is 5.91 Å². The molecule has 3 rings (SSSR count). The quantitative estimate of drug-likeness (QED) is 0.626. The molecule has 122 valence electrons. The molecule has 2 heterocycles. The molecule has 0 aliphatic carbocycles. The topological polar surface area (TPSA) is 66.9 Å². The zero-order chi connectivity index (χ0) is 16.9. The fourth-order valence-corrected chi connectivity index (χ4v) is 3.42. The number of rotatable bonds is 5. The van der Waals surface area contributed by atoms with Gasteiger partial charge in [-0.05, 0) is 30.3 Å². The van der Waals surface area contributed by atoms with E-state index in [2.05, 4.69) is 20.0 Å². The summed E-state index contributed by atoms with van der Waals surface area (Å²) in [7, 11) is 0. The average Bonchev–Trinajstić information content (AvgIpc) is 3.05. The summed E-state index contributed by atoms with van der Waals surface area (Å²) in [4.78, 5) is 21.4. The molecule has 24 heavy (non-hydrogen) atoms. The van der Waals surface area contributed by atoms with Crippen LogP contribution in [0.4, 0.5) is 11.4 Å². The Bertz CT molecular complexity index is 854. The summed E-state index contributed by atoms with van der Waals surface area (Å²) in [5.74, 6) is 0.404. The summed E-state index contributed by atoms with van der Waals surface area (Å²) < 4.78 is 3.09. The lowest BCUT2D eigenvalue weighted by Crippen LogP contribution is -2.10. The van der Waals surface area contributed by atoms with Crippen LogP contribution in [0, 0.1) is 0 Å². The first-order valence-electron chi connectivity index (χ1n) is 6.92. The Morgan fingerprint density at radius 2 is 1.92 bits per heavy atom. The van der Waals surface area contributed by atoms with Crippen molar-refractivity contribution >= 4 is 52.2 Å². The number of nitrogens with one attached hydrogen (secondary N) is 2. The van der Waals surface area contributed by atoms with Crippen molar-refractivity contribution in [3.8, 4) is 11.4 Å². The summed E-state index contributed by atoms with van der Waals surface area (Å²) in [6, 6.07) is 8.86. The van der Waals surface area contributed by atoms with Crippen molar-refractivity contribution in [1.29, 1.82) is 0 Å². The van der Waals surface area contributed by atoms with Gasteiger partial charge in [0.2, 0.25) is 0 Å². The summed E-state index contributed by atoms with van der Waals surface area (Å²) in [6.07, 6.45) is 5.26. The van der Waals surface area contributed by atoms with E-state index in [0.29, 0.717) is 21.4 Å². The van der Waals surface area contributed by atoms with Crippen molar-refractivity contribution in [2.75, 3.05) is 16.3 Å². The molecule has 0 fully saturated rings. The van der Waals surface area contributed by atoms with E-state index >= 15 is 0 Å². The number of amides is 1. The molecule has 1 aromatic carbocycles. The van der Waals surface area contributed by atoms with Crippen molar-refractivity contribution in [2.45, 2.75) is 0 Å². The highest BCUT2D eigenvalue weighted by molar-refractivity contribution is 7.99. The number of hydrogen-bond donors (Lipinski definition) is 2. The summed E-state index contributed by atoms with van der Waals surface area (Å²) in [5.41, 5.74) is 2.28. The van der Waals surface area contributed by atoms with E-state index in [9.17, 15) is 4.79 Å². The zero-order valence-electron chi connectivity index (χ0n) is 12.6. The average molecular weight is 377 g/mol. The Labute approximate surface area is 152 Å². The maximum absolute atomic E-state index is 12.4. The molecule has 0 saturated heterocycles. The fourth-order valence-electron chi connectivity index (χ4n) is 2.05. The summed E-state index contributed by atoms with van der Waals surface area (Å²) in [6.45, 7) is 0. The molecular formula is C16H13ClN4OS2. The second kappa shape index (κ2) is 7.65. The van der Waals surface area contributed by atoms with Crippen LogP contribution in [0.25, 0.3) is 11.4 Å². The SMILES string of the molecule is CSNc1cc(Cl)cc(NC(=O)c2cc(-c3ncccn3)cs2)c1. The molecule has 0 radical (unpaired) electrons. The number of carbonyl (C=O) groups is 1. The highest BCUT2D eigenvalue weighted by atomic mass is 35.5. The van der Waals surface area contributed by atoms with Crippen molar-refractivity contribution in [3.05, 3.63) is 58.0 Å². The van der Waals surface area contributed by atoms with E-state index < -0.39 is 0 Å². The van der Waals surface area contributed by atoms with Gasteiger partial charge in [0.15, 0.2) is 5.82 Å². The predicted molar refractivity (Wildman–Crippen MR) is 102 cm³/mol. The second-order valence-corrected chi connectivity index (χ2v) is 6.72. The van der Waals surface area contributed by atoms with Gasteiger partial charge in [0, 0.05) is 46.0 Å². The third kappa shape index (κ3) is 4.05. The van der Waals surface area contributed by atoms with Crippen molar-refractivity contribution < 1.29 is 4.79 Å². The number of halogens is 1. The Balaban J connectivity index is 1.77. The number of aromatic nitrogens is 2. The molecule has 0 atom stereocenters. The Kier molecular flexibility index (Phi) is 5.34. The molecule has 5 nitrogen and oxygen atoms in total. The Morgan fingerprint density at radius 3 is 2.67 bits per heavy atom. The second-order valence-electron chi connectivity index (χ2n) is 4.76. The number of nitrogens with zero attached hydrogens (tertiary/aromatic N) is 2. The molecule has 1 amide bonds. The Morgan fingerprint density at radius 1 is 1.17 bits per heavy atom.